The van der Waals surface area contributed by atoms with Crippen LogP contribution in [-0.4, -0.2) is 89.9 Å². The summed E-state index contributed by atoms with van der Waals surface area (Å²) in [4.78, 5) is 22.6. The van der Waals surface area contributed by atoms with E-state index < -0.39 is 47.0 Å². The number of hydrogen-bond acceptors (Lipinski definition) is 12. The highest BCUT2D eigenvalue weighted by atomic mass is 31.2. The monoisotopic (exact) mass is 898 g/mol. The third-order valence-electron chi connectivity index (χ3n) is 12.0. The van der Waals surface area contributed by atoms with Gasteiger partial charge < -0.3 is 37.0 Å². The van der Waals surface area contributed by atoms with E-state index in [1.807, 2.05) is 66.7 Å². The zero-order chi connectivity index (χ0) is 45.7. The van der Waals surface area contributed by atoms with Gasteiger partial charge in [-0.25, -0.2) is 14.6 Å². The first-order valence-electron chi connectivity index (χ1n) is 21.4. The number of benzene rings is 3. The molecular weight excluding hydrogens is 836 g/mol. The Balaban J connectivity index is 1.56. The molecule has 6 rings (SSSR count). The molecule has 1 unspecified atom stereocenters. The number of aryl methyl sites for hydroxylation is 1. The van der Waals surface area contributed by atoms with Gasteiger partial charge in [0.25, 0.3) is 14.1 Å². The molecule has 1 saturated heterocycles. The summed E-state index contributed by atoms with van der Waals surface area (Å²) in [5.74, 6) is 1.41. The maximum Gasteiger partial charge on any atom is 0.281 e. The molecule has 0 amide bonds. The lowest BCUT2D eigenvalue weighted by atomic mass is 9.80. The Labute approximate surface area is 374 Å². The van der Waals surface area contributed by atoms with Gasteiger partial charge in [0.05, 0.1) is 52.6 Å². The van der Waals surface area contributed by atoms with Crippen molar-refractivity contribution < 1.29 is 32.4 Å². The van der Waals surface area contributed by atoms with E-state index in [1.165, 1.54) is 10.9 Å². The van der Waals surface area contributed by atoms with Crippen LogP contribution < -0.4 is 15.0 Å². The molecule has 14 nitrogen and oxygen atoms in total. The van der Waals surface area contributed by atoms with Crippen molar-refractivity contribution in [1.82, 2.24) is 23.8 Å². The highest BCUT2D eigenvalue weighted by molar-refractivity contribution is 7.44. The molecule has 63 heavy (non-hydrogen) atoms. The number of hydrogen-bond donors (Lipinski definition) is 0. The molecule has 1 fully saturated rings. The summed E-state index contributed by atoms with van der Waals surface area (Å²) in [6.45, 7) is 19.6. The number of methoxy groups -OCH3 is 2. The molecule has 0 bridgehead atoms. The highest BCUT2D eigenvalue weighted by Gasteiger charge is 2.54. The van der Waals surface area contributed by atoms with Crippen LogP contribution in [0.1, 0.15) is 77.8 Å². The molecule has 0 aliphatic carbocycles. The van der Waals surface area contributed by atoms with Crippen LogP contribution in [0.25, 0.3) is 11.2 Å². The highest BCUT2D eigenvalue weighted by Crippen LogP contribution is 2.53. The maximum atomic E-state index is 13.4. The Hall–Kier alpha value is -4.49. The van der Waals surface area contributed by atoms with Crippen molar-refractivity contribution in [1.29, 1.82) is 5.26 Å². The third kappa shape index (κ3) is 10.1. The van der Waals surface area contributed by atoms with Gasteiger partial charge in [0, 0.05) is 19.1 Å². The van der Waals surface area contributed by atoms with Gasteiger partial charge in [0.2, 0.25) is 0 Å². The van der Waals surface area contributed by atoms with E-state index in [0.29, 0.717) is 17.1 Å². The summed E-state index contributed by atoms with van der Waals surface area (Å²) in [5.41, 5.74) is 1.71. The van der Waals surface area contributed by atoms with Gasteiger partial charge in [0.15, 0.2) is 25.7 Å². The molecule has 1 aliphatic rings. The van der Waals surface area contributed by atoms with Gasteiger partial charge in [-0.2, -0.15) is 5.26 Å². The summed E-state index contributed by atoms with van der Waals surface area (Å²) in [6, 6.07) is 28.1. The molecule has 5 atom stereocenters. The summed E-state index contributed by atoms with van der Waals surface area (Å²) in [6.07, 6.45) is 0.104. The average molecular weight is 899 g/mol. The van der Waals surface area contributed by atoms with Crippen molar-refractivity contribution in [3.8, 4) is 17.6 Å². The number of rotatable bonds is 19. The van der Waals surface area contributed by atoms with Crippen LogP contribution in [0.5, 0.6) is 11.5 Å². The van der Waals surface area contributed by atoms with Crippen LogP contribution in [0.4, 0.5) is 0 Å². The number of fused-ring (bicyclic) bond motifs is 1. The minimum absolute atomic E-state index is 0.0119. The molecule has 0 N–H and O–H groups in total. The normalized spacial score (nSPS) is 19.0. The average Bonchev–Trinajstić information content (AvgIpc) is 3.83. The van der Waals surface area contributed by atoms with Crippen molar-refractivity contribution >= 4 is 28.0 Å². The molecule has 0 spiro atoms. The molecule has 3 aromatic carbocycles. The number of imidazole rings is 1. The van der Waals surface area contributed by atoms with E-state index >= 15 is 0 Å². The van der Waals surface area contributed by atoms with Gasteiger partial charge in [-0.1, -0.05) is 75.4 Å². The van der Waals surface area contributed by atoms with Gasteiger partial charge in [0.1, 0.15) is 35.4 Å². The second kappa shape index (κ2) is 20.1. The Morgan fingerprint density at radius 1 is 0.857 bits per heavy atom. The summed E-state index contributed by atoms with van der Waals surface area (Å²) >= 11 is 0. The number of nitrogens with zero attached hydrogens (tertiary/aromatic N) is 6. The van der Waals surface area contributed by atoms with Crippen LogP contribution in [0, 0.1) is 11.3 Å². The fourth-order valence-corrected chi connectivity index (χ4v) is 10.7. The maximum absolute atomic E-state index is 13.4. The SMILES string of the molecule is COc1ccc(C(OC[C@H]2O[C@@H](n3cnc4c(=O)n(C)cnc43)[C@H](O[Si](C)(C)C(C)(C)C)[C@@H]2OP(OCCC#N)N(C(C)C)C(C)C)(c2ccccc2)c2ccc(OC)cc2)cc1. The van der Waals surface area contributed by atoms with E-state index in [1.54, 1.807) is 32.2 Å². The van der Waals surface area contributed by atoms with Crippen molar-refractivity contribution in [2.24, 2.45) is 7.05 Å². The Kier molecular flexibility index (Phi) is 15.3. The molecule has 338 valence electrons. The lowest BCUT2D eigenvalue weighted by Crippen LogP contribution is -2.50. The van der Waals surface area contributed by atoms with Gasteiger partial charge in [-0.15, -0.1) is 0 Å². The predicted molar refractivity (Wildman–Crippen MR) is 247 cm³/mol. The van der Waals surface area contributed by atoms with Crippen LogP contribution >= 0.6 is 8.53 Å². The smallest absolute Gasteiger partial charge is 0.281 e. The van der Waals surface area contributed by atoms with Crippen molar-refractivity contribution in [3.05, 3.63) is 119 Å². The van der Waals surface area contributed by atoms with E-state index in [9.17, 15) is 10.1 Å². The molecule has 1 aliphatic heterocycles. The summed E-state index contributed by atoms with van der Waals surface area (Å²) < 4.78 is 52.7. The molecule has 0 saturated carbocycles. The Bertz CT molecular complexity index is 2310. The zero-order valence-corrected chi connectivity index (χ0v) is 40.5. The number of ether oxygens (including phenoxy) is 4. The first-order valence-corrected chi connectivity index (χ1v) is 25.5. The van der Waals surface area contributed by atoms with Crippen LogP contribution in [0.15, 0.2) is 96.3 Å². The van der Waals surface area contributed by atoms with Gasteiger partial charge >= 0.3 is 0 Å². The predicted octanol–water partition coefficient (Wildman–Crippen LogP) is 9.10. The van der Waals surface area contributed by atoms with Crippen molar-refractivity contribution in [2.45, 2.75) is 115 Å². The minimum Gasteiger partial charge on any atom is -0.497 e. The van der Waals surface area contributed by atoms with E-state index in [-0.39, 0.29) is 47.8 Å². The quantitative estimate of drug-likeness (QED) is 0.0338. The Morgan fingerprint density at radius 2 is 1.43 bits per heavy atom. The molecule has 16 heteroatoms. The first kappa shape index (κ1) is 48.0. The largest absolute Gasteiger partial charge is 0.497 e. The number of nitriles is 1. The second-order valence-electron chi connectivity index (χ2n) is 17.8. The van der Waals surface area contributed by atoms with Crippen LogP contribution in [-0.2, 0) is 35.6 Å². The summed E-state index contributed by atoms with van der Waals surface area (Å²) in [5, 5.41) is 9.37. The lowest BCUT2D eigenvalue weighted by molar-refractivity contribution is -0.0926. The summed E-state index contributed by atoms with van der Waals surface area (Å²) in [7, 11) is 0.539. The molecular formula is C47H63N6O8PSi. The van der Waals surface area contributed by atoms with Gasteiger partial charge in [-0.05, 0) is 86.8 Å². The fraction of sp³-hybridized carbons (Fsp3) is 0.489. The van der Waals surface area contributed by atoms with E-state index in [2.05, 4.69) is 94.4 Å². The zero-order valence-electron chi connectivity index (χ0n) is 38.6. The fourth-order valence-electron chi connectivity index (χ4n) is 7.70. The molecule has 3 heterocycles. The van der Waals surface area contributed by atoms with Gasteiger partial charge in [-0.3, -0.25) is 9.36 Å². The van der Waals surface area contributed by atoms with Crippen LogP contribution in [0.2, 0.25) is 18.1 Å². The minimum atomic E-state index is -2.61. The standard InChI is InChI=1S/C47H63N6O8PSi/c1-32(2)53(33(3)4)62(58-28-16-27-48)60-41-39(59-45(42(41)61-63(11,12)46(5,6)7)52-31-49-40-43(52)50-30-51(8)44(40)54)29-57-47(34-17-14-13-15-18-34,35-19-23-37(55-9)24-20-35)36-21-25-38(56-10)26-22-36/h13-15,17-26,30-33,39,41-42,45H,16,28-29H2,1-12H3/t39-,41-,42-,45-,62?/m1/s1. The van der Waals surface area contributed by atoms with Crippen molar-refractivity contribution in [2.75, 3.05) is 27.4 Å². The van der Waals surface area contributed by atoms with E-state index in [4.69, 9.17) is 32.4 Å². The van der Waals surface area contributed by atoms with E-state index in [0.717, 1.165) is 16.7 Å². The van der Waals surface area contributed by atoms with Crippen molar-refractivity contribution in [3.63, 3.8) is 0 Å². The lowest BCUT2D eigenvalue weighted by Gasteiger charge is -2.42. The topological polar surface area (TPSA) is 144 Å². The Morgan fingerprint density at radius 3 is 1.95 bits per heavy atom. The third-order valence-corrected chi connectivity index (χ3v) is 18.6. The first-order chi connectivity index (χ1) is 30.0. The molecule has 0 radical (unpaired) electrons. The molecule has 2 aromatic heterocycles. The number of aromatic nitrogens is 4. The second-order valence-corrected chi connectivity index (χ2v) is 24.0. The van der Waals surface area contributed by atoms with Crippen LogP contribution in [0.3, 0.4) is 0 Å². The molecule has 5 aromatic rings.